The molecule has 4 heteroatoms. The maximum absolute atomic E-state index is 6.01. The van der Waals surface area contributed by atoms with Crippen LogP contribution < -0.4 is 10.6 Å². The minimum atomic E-state index is 0.701. The van der Waals surface area contributed by atoms with Crippen molar-refractivity contribution in [1.82, 2.24) is 10.2 Å². The van der Waals surface area contributed by atoms with Crippen molar-refractivity contribution in [3.05, 3.63) is 123 Å². The van der Waals surface area contributed by atoms with Crippen molar-refractivity contribution in [2.75, 3.05) is 12.4 Å². The summed E-state index contributed by atoms with van der Waals surface area (Å²) in [6.07, 6.45) is 13.1. The molecule has 0 aliphatic carbocycles. The van der Waals surface area contributed by atoms with Gasteiger partial charge in [-0.05, 0) is 57.4 Å². The van der Waals surface area contributed by atoms with Gasteiger partial charge in [-0.1, -0.05) is 80.1 Å². The zero-order valence-corrected chi connectivity index (χ0v) is 23.6. The summed E-state index contributed by atoms with van der Waals surface area (Å²) in [5.41, 5.74) is 9.13. The maximum atomic E-state index is 6.01. The Kier molecular flexibility index (Phi) is 12.0. The van der Waals surface area contributed by atoms with Crippen molar-refractivity contribution in [2.45, 2.75) is 60.8 Å². The van der Waals surface area contributed by atoms with Crippen molar-refractivity contribution in [3.63, 3.8) is 0 Å². The first-order chi connectivity index (χ1) is 18.0. The molecule has 1 aliphatic heterocycles. The number of hydrogen-bond acceptors (Lipinski definition) is 3. The summed E-state index contributed by atoms with van der Waals surface area (Å²) in [5.74, 6) is 0.739. The number of allylic oxidation sites excluding steroid dienone is 7. The monoisotopic (exact) mass is 495 g/mol. The van der Waals surface area contributed by atoms with Gasteiger partial charge in [0.05, 0.1) is 5.70 Å². The van der Waals surface area contributed by atoms with E-state index in [-0.39, 0.29) is 0 Å². The Bertz CT molecular complexity index is 1220. The molecular formula is C33H43N4+. The van der Waals surface area contributed by atoms with Crippen LogP contribution in [0.25, 0.3) is 10.5 Å². The number of rotatable bonds is 9. The summed E-state index contributed by atoms with van der Waals surface area (Å²) in [7, 11) is 1.95. The lowest BCUT2D eigenvalue weighted by Gasteiger charge is -2.25. The first kappa shape index (κ1) is 29.3. The van der Waals surface area contributed by atoms with E-state index in [1.54, 1.807) is 0 Å². The van der Waals surface area contributed by atoms with Crippen LogP contribution in [0, 0.1) is 13.5 Å². The van der Waals surface area contributed by atoms with Gasteiger partial charge in [-0.3, -0.25) is 0 Å². The Morgan fingerprint density at radius 1 is 1.05 bits per heavy atom. The highest BCUT2D eigenvalue weighted by molar-refractivity contribution is 5.74. The molecule has 2 N–H and O–H groups in total. The highest BCUT2D eigenvalue weighted by Gasteiger charge is 2.32. The molecule has 0 saturated heterocycles. The van der Waals surface area contributed by atoms with E-state index in [9.17, 15) is 0 Å². The van der Waals surface area contributed by atoms with E-state index < -0.39 is 0 Å². The lowest BCUT2D eigenvalue weighted by atomic mass is 10.0. The summed E-state index contributed by atoms with van der Waals surface area (Å²) < 4.78 is 0. The molecule has 194 valence electrons. The van der Waals surface area contributed by atoms with Crippen LogP contribution >= 0.6 is 0 Å². The number of anilines is 1. The zero-order valence-electron chi connectivity index (χ0n) is 23.6. The maximum Gasteiger partial charge on any atom is 0.409 e. The molecule has 0 saturated carbocycles. The second-order valence-corrected chi connectivity index (χ2v) is 8.68. The summed E-state index contributed by atoms with van der Waals surface area (Å²) in [5, 5.41) is 6.96. The Morgan fingerprint density at radius 3 is 2.41 bits per heavy atom. The minimum absolute atomic E-state index is 0.701. The van der Waals surface area contributed by atoms with E-state index in [0.29, 0.717) is 6.42 Å². The molecule has 2 aromatic rings. The van der Waals surface area contributed by atoms with E-state index in [2.05, 4.69) is 114 Å². The van der Waals surface area contributed by atoms with Gasteiger partial charge in [0.15, 0.2) is 0 Å². The SMILES string of the molecule is C#[N+]C1=C(Cc2ccccc2)NC(c2cccc(NC)c2C)=CN1/C(=C/C)CC/C(C)=C/C=C\C.CC. The van der Waals surface area contributed by atoms with Gasteiger partial charge in [0.2, 0.25) is 0 Å². The van der Waals surface area contributed by atoms with Gasteiger partial charge in [-0.25, -0.2) is 0 Å². The van der Waals surface area contributed by atoms with Crippen molar-refractivity contribution in [2.24, 2.45) is 0 Å². The average Bonchev–Trinajstić information content (AvgIpc) is 2.94. The number of benzene rings is 2. The number of nitrogens with zero attached hydrogens (tertiary/aromatic N) is 2. The smallest absolute Gasteiger partial charge is 0.388 e. The molecule has 0 amide bonds. The Labute approximate surface area is 224 Å². The van der Waals surface area contributed by atoms with Crippen LogP contribution in [0.5, 0.6) is 0 Å². The van der Waals surface area contributed by atoms with Crippen LogP contribution in [0.1, 0.15) is 64.2 Å². The summed E-state index contributed by atoms with van der Waals surface area (Å²) in [6, 6.07) is 16.7. The standard InChI is InChI=1S/C31H37N4.C2H6/c1-7-9-14-23(3)19-20-26(8-2)35-22-30(27-17-13-18-28(32-5)24(27)4)34-29(31(35)33-6)21-25-15-11-10-12-16-25;1-2/h6-18,22,32,34H,19-21H2,1-5H3;1-2H3/q+1;/b9-7-,23-14+,26-8+;. The molecule has 0 unspecified atom stereocenters. The second kappa shape index (κ2) is 15.2. The molecule has 0 radical (unpaired) electrons. The van der Waals surface area contributed by atoms with Gasteiger partial charge < -0.3 is 10.6 Å². The fraction of sp³-hybridized carbons (Fsp3) is 0.303. The Hall–Kier alpha value is -3.97. The predicted octanol–water partition coefficient (Wildman–Crippen LogP) is 8.85. The quantitative estimate of drug-likeness (QED) is 0.341. The Balaban J connectivity index is 0.00000235. The second-order valence-electron chi connectivity index (χ2n) is 8.68. The molecule has 0 fully saturated rings. The molecule has 37 heavy (non-hydrogen) atoms. The van der Waals surface area contributed by atoms with E-state index in [1.807, 2.05) is 33.9 Å². The van der Waals surface area contributed by atoms with Crippen LogP contribution in [0.15, 0.2) is 102 Å². The van der Waals surface area contributed by atoms with Crippen LogP contribution in [0.4, 0.5) is 5.69 Å². The molecule has 3 rings (SSSR count). The first-order valence-electron chi connectivity index (χ1n) is 13.2. The van der Waals surface area contributed by atoms with E-state index >= 15 is 0 Å². The fourth-order valence-electron chi connectivity index (χ4n) is 4.28. The van der Waals surface area contributed by atoms with E-state index in [4.69, 9.17) is 6.57 Å². The van der Waals surface area contributed by atoms with Gasteiger partial charge in [0.1, 0.15) is 24.2 Å². The third kappa shape index (κ3) is 7.75. The van der Waals surface area contributed by atoms with Crippen molar-refractivity contribution in [3.8, 4) is 6.57 Å². The molecule has 0 bridgehead atoms. The molecule has 0 atom stereocenters. The summed E-state index contributed by atoms with van der Waals surface area (Å²) in [4.78, 5) is 6.41. The normalized spacial score (nSPS) is 14.0. The lowest BCUT2D eigenvalue weighted by Crippen LogP contribution is -2.29. The predicted molar refractivity (Wildman–Crippen MR) is 162 cm³/mol. The molecule has 0 spiro atoms. The highest BCUT2D eigenvalue weighted by Crippen LogP contribution is 2.33. The topological polar surface area (TPSA) is 31.7 Å². The molecule has 0 aromatic heterocycles. The van der Waals surface area contributed by atoms with Crippen molar-refractivity contribution in [1.29, 1.82) is 0 Å². The molecule has 1 heterocycles. The van der Waals surface area contributed by atoms with E-state index in [0.717, 1.165) is 47.0 Å². The van der Waals surface area contributed by atoms with Crippen molar-refractivity contribution >= 4 is 11.4 Å². The third-order valence-electron chi connectivity index (χ3n) is 6.27. The van der Waals surface area contributed by atoms with Gasteiger partial charge in [-0.15, -0.1) is 0 Å². The molecule has 2 aromatic carbocycles. The molecule has 4 nitrogen and oxygen atoms in total. The van der Waals surface area contributed by atoms with Gasteiger partial charge in [-0.2, -0.15) is 9.74 Å². The summed E-state index contributed by atoms with van der Waals surface area (Å²) in [6.45, 7) is 18.4. The van der Waals surface area contributed by atoms with Crippen LogP contribution in [0.2, 0.25) is 0 Å². The summed E-state index contributed by atoms with van der Waals surface area (Å²) >= 11 is 0. The van der Waals surface area contributed by atoms with Crippen LogP contribution in [-0.4, -0.2) is 11.9 Å². The lowest BCUT2D eigenvalue weighted by molar-refractivity contribution is 0.531. The molecule has 1 aliphatic rings. The number of hydrogen-bond donors (Lipinski definition) is 2. The average molecular weight is 496 g/mol. The van der Waals surface area contributed by atoms with Gasteiger partial charge in [0, 0.05) is 31.1 Å². The molecular weight excluding hydrogens is 452 g/mol. The van der Waals surface area contributed by atoms with Crippen LogP contribution in [0.3, 0.4) is 0 Å². The Morgan fingerprint density at radius 2 is 1.78 bits per heavy atom. The largest absolute Gasteiger partial charge is 0.409 e. The first-order valence-corrected chi connectivity index (χ1v) is 13.2. The van der Waals surface area contributed by atoms with Crippen LogP contribution in [-0.2, 0) is 6.42 Å². The highest BCUT2D eigenvalue weighted by atomic mass is 15.2. The van der Waals surface area contributed by atoms with Gasteiger partial charge >= 0.3 is 5.82 Å². The van der Waals surface area contributed by atoms with Gasteiger partial charge in [0.25, 0.3) is 0 Å². The minimum Gasteiger partial charge on any atom is -0.388 e. The van der Waals surface area contributed by atoms with Crippen molar-refractivity contribution < 1.29 is 0 Å². The fourth-order valence-corrected chi connectivity index (χ4v) is 4.28. The number of nitrogens with one attached hydrogen (secondary N) is 2. The zero-order chi connectivity index (χ0) is 27.2. The van der Waals surface area contributed by atoms with E-state index in [1.165, 1.54) is 16.7 Å². The third-order valence-corrected chi connectivity index (χ3v) is 6.27.